The number of hydrazone groups is 1. The lowest BCUT2D eigenvalue weighted by molar-refractivity contribution is -0.137. The number of hydrogen-bond donors (Lipinski definition) is 0. The summed E-state index contributed by atoms with van der Waals surface area (Å²) in [5.41, 5.74) is 3.58. The summed E-state index contributed by atoms with van der Waals surface area (Å²) in [6.45, 7) is 0. The molecule has 0 fully saturated rings. The van der Waals surface area contributed by atoms with Gasteiger partial charge in [-0.15, -0.1) is 0 Å². The molecule has 0 N–H and O–H groups in total. The number of benzene rings is 2. The molecule has 0 aromatic heterocycles. The van der Waals surface area contributed by atoms with E-state index in [1.165, 1.54) is 5.56 Å². The fraction of sp³-hybridized carbons (Fsp3) is 0.350. The fourth-order valence-electron chi connectivity index (χ4n) is 4.05. The van der Waals surface area contributed by atoms with Crippen molar-refractivity contribution in [1.29, 1.82) is 0 Å². The highest BCUT2D eigenvalue weighted by molar-refractivity contribution is 6.05. The molecular formula is C20H19F3N2O. The SMILES string of the molecule is COc1ccc2c(c1)CCC1C2=NN(C)C1c1ccc(C(F)(F)F)cc1. The van der Waals surface area contributed by atoms with Gasteiger partial charge >= 0.3 is 6.18 Å². The molecule has 2 aromatic carbocycles. The molecule has 2 atom stereocenters. The Morgan fingerprint density at radius 3 is 2.50 bits per heavy atom. The van der Waals surface area contributed by atoms with Gasteiger partial charge in [0.25, 0.3) is 0 Å². The Morgan fingerprint density at radius 2 is 1.85 bits per heavy atom. The summed E-state index contributed by atoms with van der Waals surface area (Å²) in [5, 5.41) is 6.60. The van der Waals surface area contributed by atoms with Crippen LogP contribution in [0.15, 0.2) is 47.6 Å². The number of aryl methyl sites for hydroxylation is 1. The van der Waals surface area contributed by atoms with Gasteiger partial charge in [-0.2, -0.15) is 18.3 Å². The lowest BCUT2D eigenvalue weighted by atomic mass is 9.77. The molecule has 1 aliphatic heterocycles. The monoisotopic (exact) mass is 360 g/mol. The molecule has 2 aliphatic rings. The molecule has 0 saturated heterocycles. The van der Waals surface area contributed by atoms with Crippen molar-refractivity contribution in [1.82, 2.24) is 5.01 Å². The number of ether oxygens (including phenoxy) is 1. The first-order chi connectivity index (χ1) is 12.4. The Labute approximate surface area is 150 Å². The summed E-state index contributed by atoms with van der Waals surface area (Å²) in [6.07, 6.45) is -2.50. The second-order valence-electron chi connectivity index (χ2n) is 6.79. The van der Waals surface area contributed by atoms with Crippen molar-refractivity contribution in [2.24, 2.45) is 11.0 Å². The number of nitrogens with zero attached hydrogens (tertiary/aromatic N) is 2. The van der Waals surface area contributed by atoms with Crippen LogP contribution in [0.5, 0.6) is 5.75 Å². The molecular weight excluding hydrogens is 341 g/mol. The zero-order chi connectivity index (χ0) is 18.5. The van der Waals surface area contributed by atoms with Crippen molar-refractivity contribution >= 4 is 5.71 Å². The predicted octanol–water partition coefficient (Wildman–Crippen LogP) is 4.67. The highest BCUT2D eigenvalue weighted by atomic mass is 19.4. The molecule has 0 radical (unpaired) electrons. The highest BCUT2D eigenvalue weighted by Crippen LogP contribution is 2.43. The number of fused-ring (bicyclic) bond motifs is 3. The molecule has 1 aliphatic carbocycles. The largest absolute Gasteiger partial charge is 0.497 e. The van der Waals surface area contributed by atoms with Crippen molar-refractivity contribution < 1.29 is 17.9 Å². The van der Waals surface area contributed by atoms with Crippen LogP contribution in [0.3, 0.4) is 0 Å². The van der Waals surface area contributed by atoms with Gasteiger partial charge in [0.05, 0.1) is 24.4 Å². The second-order valence-corrected chi connectivity index (χ2v) is 6.79. The lowest BCUT2D eigenvalue weighted by Crippen LogP contribution is -2.27. The average Bonchev–Trinajstić information content (AvgIpc) is 2.96. The van der Waals surface area contributed by atoms with Gasteiger partial charge < -0.3 is 4.74 Å². The van der Waals surface area contributed by atoms with Gasteiger partial charge in [0.1, 0.15) is 5.75 Å². The maximum Gasteiger partial charge on any atom is 0.416 e. The molecule has 4 rings (SSSR count). The Kier molecular flexibility index (Phi) is 3.93. The average molecular weight is 360 g/mol. The maximum atomic E-state index is 12.8. The van der Waals surface area contributed by atoms with Gasteiger partial charge in [-0.25, -0.2) is 0 Å². The first-order valence-electron chi connectivity index (χ1n) is 8.54. The molecule has 136 valence electrons. The van der Waals surface area contributed by atoms with Gasteiger partial charge in [-0.1, -0.05) is 12.1 Å². The third-order valence-electron chi connectivity index (χ3n) is 5.29. The molecule has 0 amide bonds. The van der Waals surface area contributed by atoms with Crippen LogP contribution in [0.2, 0.25) is 0 Å². The zero-order valence-corrected chi connectivity index (χ0v) is 14.5. The fourth-order valence-corrected chi connectivity index (χ4v) is 4.05. The van der Waals surface area contributed by atoms with Crippen LogP contribution in [0, 0.1) is 5.92 Å². The molecule has 26 heavy (non-hydrogen) atoms. The molecule has 0 saturated carbocycles. The van der Waals surface area contributed by atoms with Crippen molar-refractivity contribution in [3.05, 3.63) is 64.7 Å². The Hall–Kier alpha value is -2.50. The van der Waals surface area contributed by atoms with E-state index in [1.54, 1.807) is 19.2 Å². The van der Waals surface area contributed by atoms with Gasteiger partial charge in [-0.05, 0) is 54.3 Å². The zero-order valence-electron chi connectivity index (χ0n) is 14.5. The Balaban J connectivity index is 1.66. The molecule has 1 heterocycles. The van der Waals surface area contributed by atoms with E-state index in [9.17, 15) is 13.2 Å². The molecule has 0 spiro atoms. The van der Waals surface area contributed by atoms with E-state index in [1.807, 2.05) is 30.3 Å². The van der Waals surface area contributed by atoms with Crippen LogP contribution in [0.4, 0.5) is 13.2 Å². The van der Waals surface area contributed by atoms with Crippen molar-refractivity contribution in [2.45, 2.75) is 25.1 Å². The van der Waals surface area contributed by atoms with E-state index >= 15 is 0 Å². The first kappa shape index (κ1) is 16.9. The normalized spacial score (nSPS) is 21.9. The topological polar surface area (TPSA) is 24.8 Å². The number of hydrogen-bond acceptors (Lipinski definition) is 3. The summed E-state index contributed by atoms with van der Waals surface area (Å²) in [7, 11) is 3.53. The van der Waals surface area contributed by atoms with E-state index in [0.29, 0.717) is 0 Å². The lowest BCUT2D eigenvalue weighted by Gasteiger charge is -2.29. The Bertz CT molecular complexity index is 858. The van der Waals surface area contributed by atoms with Gasteiger partial charge in [-0.3, -0.25) is 5.01 Å². The van der Waals surface area contributed by atoms with Crippen molar-refractivity contribution in [3.8, 4) is 5.75 Å². The molecule has 2 unspecified atom stereocenters. The smallest absolute Gasteiger partial charge is 0.416 e. The standard InChI is InChI=1S/C20H19F3N2O/c1-25-19(12-3-6-14(7-4-12)20(21,22)23)17-9-5-13-11-15(26-2)8-10-16(13)18(17)24-25/h3-4,6-8,10-11,17,19H,5,9H2,1-2H3. The van der Waals surface area contributed by atoms with Crippen LogP contribution < -0.4 is 4.74 Å². The summed E-state index contributed by atoms with van der Waals surface area (Å²) in [4.78, 5) is 0. The van der Waals surface area contributed by atoms with E-state index in [0.717, 1.165) is 47.6 Å². The Morgan fingerprint density at radius 1 is 1.12 bits per heavy atom. The second kappa shape index (κ2) is 6.04. The summed E-state index contributed by atoms with van der Waals surface area (Å²) >= 11 is 0. The van der Waals surface area contributed by atoms with Crippen LogP contribution in [0.25, 0.3) is 0 Å². The van der Waals surface area contributed by atoms with Crippen LogP contribution in [0.1, 0.15) is 34.7 Å². The summed E-state index contributed by atoms with van der Waals surface area (Å²) in [5.74, 6) is 1.01. The van der Waals surface area contributed by atoms with Crippen LogP contribution in [-0.4, -0.2) is 24.9 Å². The number of alkyl halides is 3. The maximum absolute atomic E-state index is 12.8. The van der Waals surface area contributed by atoms with E-state index in [4.69, 9.17) is 9.84 Å². The first-order valence-corrected chi connectivity index (χ1v) is 8.54. The quantitative estimate of drug-likeness (QED) is 0.778. The van der Waals surface area contributed by atoms with E-state index < -0.39 is 11.7 Å². The van der Waals surface area contributed by atoms with Gasteiger partial charge in [0, 0.05) is 18.5 Å². The van der Waals surface area contributed by atoms with Crippen molar-refractivity contribution in [3.63, 3.8) is 0 Å². The molecule has 3 nitrogen and oxygen atoms in total. The highest BCUT2D eigenvalue weighted by Gasteiger charge is 2.40. The number of rotatable bonds is 2. The van der Waals surface area contributed by atoms with Gasteiger partial charge in [0.2, 0.25) is 0 Å². The molecule has 2 aromatic rings. The minimum atomic E-state index is -4.31. The van der Waals surface area contributed by atoms with Crippen molar-refractivity contribution in [2.75, 3.05) is 14.2 Å². The number of methoxy groups -OCH3 is 1. The molecule has 0 bridgehead atoms. The third kappa shape index (κ3) is 2.73. The minimum Gasteiger partial charge on any atom is -0.497 e. The van der Waals surface area contributed by atoms with Crippen LogP contribution in [-0.2, 0) is 12.6 Å². The minimum absolute atomic E-state index is 0.0393. The van der Waals surface area contributed by atoms with E-state index in [2.05, 4.69) is 0 Å². The third-order valence-corrected chi connectivity index (χ3v) is 5.29. The molecule has 6 heteroatoms. The summed E-state index contributed by atoms with van der Waals surface area (Å²) < 4.78 is 43.8. The van der Waals surface area contributed by atoms with E-state index in [-0.39, 0.29) is 12.0 Å². The summed E-state index contributed by atoms with van der Waals surface area (Å²) in [6, 6.07) is 11.4. The van der Waals surface area contributed by atoms with Crippen LogP contribution >= 0.6 is 0 Å². The predicted molar refractivity (Wildman–Crippen MR) is 93.3 cm³/mol. The number of halogens is 3. The van der Waals surface area contributed by atoms with Gasteiger partial charge in [0.15, 0.2) is 0 Å².